The van der Waals surface area contributed by atoms with Crippen LogP contribution in [0.3, 0.4) is 0 Å². The number of ether oxygens (including phenoxy) is 1. The highest BCUT2D eigenvalue weighted by Crippen LogP contribution is 2.27. The molecule has 0 radical (unpaired) electrons. The summed E-state index contributed by atoms with van der Waals surface area (Å²) in [4.78, 5) is 14.2. The van der Waals surface area contributed by atoms with Crippen LogP contribution in [0.5, 0.6) is 5.75 Å². The lowest BCUT2D eigenvalue weighted by Gasteiger charge is -2.20. The van der Waals surface area contributed by atoms with Gasteiger partial charge in [-0.15, -0.1) is 0 Å². The van der Waals surface area contributed by atoms with Gasteiger partial charge in [0.1, 0.15) is 5.75 Å². The second kappa shape index (κ2) is 7.66. The van der Waals surface area contributed by atoms with Crippen LogP contribution in [0, 0.1) is 6.92 Å². The minimum atomic E-state index is 0.206. The Kier molecular flexibility index (Phi) is 5.88. The number of carbonyl (C=O) groups is 1. The van der Waals surface area contributed by atoms with Gasteiger partial charge in [0.2, 0.25) is 5.91 Å². The molecule has 1 saturated heterocycles. The molecule has 5 heteroatoms. The van der Waals surface area contributed by atoms with Gasteiger partial charge in [0.25, 0.3) is 0 Å². The molecule has 0 aliphatic carbocycles. The number of aryl methyl sites for hydroxylation is 2. The average Bonchev–Trinajstić information content (AvgIpc) is 2.76. The molecule has 1 aromatic rings. The van der Waals surface area contributed by atoms with Crippen LogP contribution >= 0.6 is 11.6 Å². The van der Waals surface area contributed by atoms with Gasteiger partial charge < -0.3 is 15.0 Å². The van der Waals surface area contributed by atoms with Crippen LogP contribution in [-0.2, 0) is 11.2 Å². The van der Waals surface area contributed by atoms with E-state index in [1.165, 1.54) is 0 Å². The third kappa shape index (κ3) is 4.35. The summed E-state index contributed by atoms with van der Waals surface area (Å²) in [6.07, 6.45) is 2.17. The van der Waals surface area contributed by atoms with Crippen molar-refractivity contribution < 1.29 is 9.53 Å². The summed E-state index contributed by atoms with van der Waals surface area (Å²) < 4.78 is 5.39. The molecular weight excluding hydrogens is 288 g/mol. The minimum absolute atomic E-state index is 0.206. The summed E-state index contributed by atoms with van der Waals surface area (Å²) in [6, 6.07) is 3.84. The molecule has 0 unspecified atom stereocenters. The van der Waals surface area contributed by atoms with E-state index in [9.17, 15) is 4.79 Å². The highest BCUT2D eigenvalue weighted by Gasteiger charge is 2.16. The molecule has 0 aromatic heterocycles. The molecule has 0 bridgehead atoms. The van der Waals surface area contributed by atoms with Crippen molar-refractivity contribution in [1.29, 1.82) is 0 Å². The van der Waals surface area contributed by atoms with E-state index < -0.39 is 0 Å². The Hall–Kier alpha value is -1.26. The number of carbonyl (C=O) groups excluding carboxylic acids is 1. The standard InChI is InChI=1S/C16H23ClN2O2/c1-12-10-15(21-2)13(11-14(12)17)4-5-16(20)19-8-3-6-18-7-9-19/h10-11,18H,3-9H2,1-2H3. The number of halogens is 1. The smallest absolute Gasteiger partial charge is 0.222 e. The van der Waals surface area contributed by atoms with Gasteiger partial charge in [-0.2, -0.15) is 0 Å². The van der Waals surface area contributed by atoms with Gasteiger partial charge in [-0.1, -0.05) is 11.6 Å². The van der Waals surface area contributed by atoms with Crippen LogP contribution in [0.25, 0.3) is 0 Å². The van der Waals surface area contributed by atoms with E-state index in [1.54, 1.807) is 7.11 Å². The van der Waals surface area contributed by atoms with Gasteiger partial charge in [-0.05, 0) is 49.6 Å². The number of rotatable bonds is 4. The van der Waals surface area contributed by atoms with E-state index in [-0.39, 0.29) is 5.91 Å². The topological polar surface area (TPSA) is 41.6 Å². The maximum atomic E-state index is 12.3. The summed E-state index contributed by atoms with van der Waals surface area (Å²) in [5.41, 5.74) is 1.98. The van der Waals surface area contributed by atoms with Crippen LogP contribution in [0.1, 0.15) is 24.0 Å². The fourth-order valence-electron chi connectivity index (χ4n) is 2.58. The number of benzene rings is 1. The quantitative estimate of drug-likeness (QED) is 0.928. The second-order valence-corrected chi connectivity index (χ2v) is 5.80. The molecule has 1 N–H and O–H groups in total. The number of hydrogen-bond donors (Lipinski definition) is 1. The van der Waals surface area contributed by atoms with Crippen LogP contribution in [0.2, 0.25) is 5.02 Å². The summed E-state index contributed by atoms with van der Waals surface area (Å²) >= 11 is 6.17. The summed E-state index contributed by atoms with van der Waals surface area (Å²) in [7, 11) is 1.65. The van der Waals surface area contributed by atoms with Crippen LogP contribution < -0.4 is 10.1 Å². The largest absolute Gasteiger partial charge is 0.496 e. The maximum Gasteiger partial charge on any atom is 0.222 e. The Morgan fingerprint density at radius 3 is 2.95 bits per heavy atom. The molecule has 2 rings (SSSR count). The third-order valence-electron chi connectivity index (χ3n) is 3.86. The third-order valence-corrected chi connectivity index (χ3v) is 4.27. The molecule has 1 aliphatic rings. The van der Waals surface area contributed by atoms with Crippen LogP contribution in [0.15, 0.2) is 12.1 Å². The first kappa shape index (κ1) is 16.1. The lowest BCUT2D eigenvalue weighted by molar-refractivity contribution is -0.130. The lowest BCUT2D eigenvalue weighted by atomic mass is 10.1. The van der Waals surface area contributed by atoms with Crippen LogP contribution in [0.4, 0.5) is 0 Å². The van der Waals surface area contributed by atoms with Crippen molar-refractivity contribution in [3.8, 4) is 5.75 Å². The van der Waals surface area contributed by atoms with Gasteiger partial charge in [-0.25, -0.2) is 0 Å². The Labute approximate surface area is 131 Å². The molecule has 0 spiro atoms. The Bertz CT molecular complexity index is 497. The molecule has 116 valence electrons. The van der Waals surface area contributed by atoms with Gasteiger partial charge in [-0.3, -0.25) is 4.79 Å². The predicted molar refractivity (Wildman–Crippen MR) is 85.1 cm³/mol. The van der Waals surface area contributed by atoms with Crippen molar-refractivity contribution in [2.75, 3.05) is 33.3 Å². The average molecular weight is 311 g/mol. The van der Waals surface area contributed by atoms with E-state index in [1.807, 2.05) is 24.0 Å². The van der Waals surface area contributed by atoms with Gasteiger partial charge in [0.05, 0.1) is 7.11 Å². The number of methoxy groups -OCH3 is 1. The number of hydrogen-bond acceptors (Lipinski definition) is 3. The Morgan fingerprint density at radius 2 is 2.19 bits per heavy atom. The van der Waals surface area contributed by atoms with Crippen molar-refractivity contribution in [2.45, 2.75) is 26.2 Å². The van der Waals surface area contributed by atoms with E-state index in [0.29, 0.717) is 12.8 Å². The normalized spacial score (nSPS) is 15.7. The maximum absolute atomic E-state index is 12.3. The summed E-state index contributed by atoms with van der Waals surface area (Å²) in [5, 5.41) is 4.03. The zero-order valence-electron chi connectivity index (χ0n) is 12.7. The first-order chi connectivity index (χ1) is 10.1. The fourth-order valence-corrected chi connectivity index (χ4v) is 2.76. The summed E-state index contributed by atoms with van der Waals surface area (Å²) in [5.74, 6) is 1.01. The zero-order valence-corrected chi connectivity index (χ0v) is 13.5. The van der Waals surface area contributed by atoms with Crippen molar-refractivity contribution in [1.82, 2.24) is 10.2 Å². The SMILES string of the molecule is COc1cc(C)c(Cl)cc1CCC(=O)N1CCCNCC1. The molecule has 4 nitrogen and oxygen atoms in total. The number of nitrogens with zero attached hydrogens (tertiary/aromatic N) is 1. The molecule has 0 saturated carbocycles. The molecule has 1 fully saturated rings. The van der Waals surface area contributed by atoms with Crippen molar-refractivity contribution in [2.24, 2.45) is 0 Å². The second-order valence-electron chi connectivity index (χ2n) is 5.40. The Balaban J connectivity index is 1.98. The molecule has 1 aromatic carbocycles. The first-order valence-corrected chi connectivity index (χ1v) is 7.81. The van der Waals surface area contributed by atoms with E-state index in [4.69, 9.17) is 16.3 Å². The monoisotopic (exact) mass is 310 g/mol. The predicted octanol–water partition coefficient (Wildman–Crippen LogP) is 2.41. The highest BCUT2D eigenvalue weighted by molar-refractivity contribution is 6.31. The molecule has 1 heterocycles. The molecule has 0 atom stereocenters. The van der Waals surface area contributed by atoms with Gasteiger partial charge in [0, 0.05) is 31.1 Å². The van der Waals surface area contributed by atoms with Crippen molar-refractivity contribution >= 4 is 17.5 Å². The Morgan fingerprint density at radius 1 is 1.38 bits per heavy atom. The van der Waals surface area contributed by atoms with Crippen molar-refractivity contribution in [3.05, 3.63) is 28.3 Å². The first-order valence-electron chi connectivity index (χ1n) is 7.43. The molecule has 1 aliphatic heterocycles. The van der Waals surface area contributed by atoms with E-state index in [2.05, 4.69) is 5.32 Å². The molecule has 21 heavy (non-hydrogen) atoms. The molecular formula is C16H23ClN2O2. The number of amides is 1. The van der Waals surface area contributed by atoms with Crippen molar-refractivity contribution in [3.63, 3.8) is 0 Å². The highest BCUT2D eigenvalue weighted by atomic mass is 35.5. The van der Waals surface area contributed by atoms with Gasteiger partial charge in [0.15, 0.2) is 0 Å². The van der Waals surface area contributed by atoms with E-state index in [0.717, 1.165) is 54.5 Å². The number of nitrogens with one attached hydrogen (secondary N) is 1. The van der Waals surface area contributed by atoms with E-state index >= 15 is 0 Å². The minimum Gasteiger partial charge on any atom is -0.496 e. The lowest BCUT2D eigenvalue weighted by Crippen LogP contribution is -2.34. The van der Waals surface area contributed by atoms with Crippen LogP contribution in [-0.4, -0.2) is 44.1 Å². The zero-order chi connectivity index (χ0) is 15.2. The summed E-state index contributed by atoms with van der Waals surface area (Å²) in [6.45, 7) is 5.46. The fraction of sp³-hybridized carbons (Fsp3) is 0.562. The molecule has 1 amide bonds. The van der Waals surface area contributed by atoms with Gasteiger partial charge >= 0.3 is 0 Å².